The first-order valence-corrected chi connectivity index (χ1v) is 18.5. The minimum atomic E-state index is -1.34. The van der Waals surface area contributed by atoms with E-state index in [-0.39, 0.29) is 23.3 Å². The second kappa shape index (κ2) is 12.7. The van der Waals surface area contributed by atoms with Gasteiger partial charge >= 0.3 is 6.09 Å². The van der Waals surface area contributed by atoms with Crippen LogP contribution in [0.15, 0.2) is 24.3 Å². The van der Waals surface area contributed by atoms with Crippen molar-refractivity contribution in [3.63, 3.8) is 0 Å². The lowest BCUT2D eigenvalue weighted by atomic mass is 9.89. The Morgan fingerprint density at radius 2 is 1.20 bits per heavy atom. The third-order valence-electron chi connectivity index (χ3n) is 4.86. The molecule has 1 N–H and O–H groups in total. The molecule has 0 aliphatic carbocycles. The number of carbonyl (C=O) groups is 1. The first-order valence-electron chi connectivity index (χ1n) is 12.9. The van der Waals surface area contributed by atoms with Gasteiger partial charge < -0.3 is 18.5 Å². The molecule has 35 heavy (non-hydrogen) atoms. The highest BCUT2D eigenvalue weighted by atomic mass is 28.3. The van der Waals surface area contributed by atoms with E-state index in [4.69, 9.17) is 13.6 Å². The van der Waals surface area contributed by atoms with Crippen molar-refractivity contribution in [3.8, 4) is 0 Å². The van der Waals surface area contributed by atoms with Crippen LogP contribution in [0.25, 0.3) is 0 Å². The summed E-state index contributed by atoms with van der Waals surface area (Å²) in [6.07, 6.45) is 1.14. The molecule has 1 aromatic carbocycles. The number of benzene rings is 1. The largest absolute Gasteiger partial charge is 0.444 e. The lowest BCUT2D eigenvalue weighted by Gasteiger charge is -2.45. The van der Waals surface area contributed by atoms with Gasteiger partial charge in [0.05, 0.1) is 0 Å². The van der Waals surface area contributed by atoms with Crippen molar-refractivity contribution in [1.82, 2.24) is 0 Å². The SMILES string of the molecule is C[SiH](C)OC(CC(C)(C)C)N(c1ccc(NC(=O)OC(C)(C)C)cc1)C(CC(C)(C)C)O[SiH](C)C. The zero-order valence-corrected chi connectivity index (χ0v) is 26.9. The maximum atomic E-state index is 12.2. The molecule has 0 heterocycles. The van der Waals surface area contributed by atoms with E-state index in [1.807, 2.05) is 32.9 Å². The molecule has 0 bridgehead atoms. The summed E-state index contributed by atoms with van der Waals surface area (Å²) >= 11 is 0. The molecule has 1 aromatic rings. The Labute approximate surface area is 218 Å². The molecule has 1 amide bonds. The molecule has 0 saturated carbocycles. The van der Waals surface area contributed by atoms with Crippen LogP contribution in [0.3, 0.4) is 0 Å². The first kappa shape index (κ1) is 31.7. The van der Waals surface area contributed by atoms with Crippen molar-refractivity contribution >= 4 is 35.5 Å². The van der Waals surface area contributed by atoms with Crippen molar-refractivity contribution in [3.05, 3.63) is 24.3 Å². The van der Waals surface area contributed by atoms with Crippen molar-refractivity contribution in [2.45, 2.75) is 119 Å². The fourth-order valence-electron chi connectivity index (χ4n) is 3.76. The van der Waals surface area contributed by atoms with Crippen molar-refractivity contribution in [2.24, 2.45) is 10.8 Å². The summed E-state index contributed by atoms with van der Waals surface area (Å²) < 4.78 is 18.8. The highest BCUT2D eigenvalue weighted by Gasteiger charge is 2.34. The molecule has 8 heteroatoms. The molecule has 6 nitrogen and oxygen atoms in total. The van der Waals surface area contributed by atoms with Gasteiger partial charge in [-0.15, -0.1) is 0 Å². The molecule has 2 unspecified atom stereocenters. The van der Waals surface area contributed by atoms with Crippen molar-refractivity contribution < 1.29 is 18.4 Å². The molecule has 0 aromatic heterocycles. The average Bonchev–Trinajstić information content (AvgIpc) is 2.57. The second-order valence-corrected chi connectivity index (χ2v) is 18.1. The predicted molar refractivity (Wildman–Crippen MR) is 154 cm³/mol. The highest BCUT2D eigenvalue weighted by molar-refractivity contribution is 6.48. The predicted octanol–water partition coefficient (Wildman–Crippen LogP) is 7.36. The number of anilines is 2. The minimum absolute atomic E-state index is 0.0892. The monoisotopic (exact) mass is 524 g/mol. The van der Waals surface area contributed by atoms with Gasteiger partial charge in [-0.05, 0) is 94.9 Å². The first-order chi connectivity index (χ1) is 15.8. The zero-order chi connectivity index (χ0) is 27.2. The normalized spacial score (nSPS) is 14.7. The third kappa shape index (κ3) is 13.5. The molecule has 2 atom stereocenters. The Kier molecular flexibility index (Phi) is 11.5. The zero-order valence-electron chi connectivity index (χ0n) is 24.6. The summed E-state index contributed by atoms with van der Waals surface area (Å²) in [6, 6.07) is 7.95. The summed E-state index contributed by atoms with van der Waals surface area (Å²) in [4.78, 5) is 14.6. The highest BCUT2D eigenvalue weighted by Crippen LogP contribution is 2.35. The van der Waals surface area contributed by atoms with Gasteiger partial charge in [0, 0.05) is 11.4 Å². The Hall–Kier alpha value is -1.36. The summed E-state index contributed by atoms with van der Waals surface area (Å²) in [5.41, 5.74) is 1.36. The molecule has 0 fully saturated rings. The Bertz CT molecular complexity index is 748. The molecule has 0 spiro atoms. The number of ether oxygens (including phenoxy) is 1. The maximum absolute atomic E-state index is 12.2. The van der Waals surface area contributed by atoms with Gasteiger partial charge in [0.1, 0.15) is 18.1 Å². The quantitative estimate of drug-likeness (QED) is 0.256. The lowest BCUT2D eigenvalue weighted by Crippen LogP contribution is -2.51. The van der Waals surface area contributed by atoms with E-state index in [1.165, 1.54) is 0 Å². The average molecular weight is 525 g/mol. The molecular formula is C27H52N2O4Si2. The van der Waals surface area contributed by atoms with E-state index in [1.54, 1.807) is 0 Å². The van der Waals surface area contributed by atoms with Gasteiger partial charge in [-0.25, -0.2) is 4.79 Å². The standard InChI is InChI=1S/C27H52N2O4Si2/c1-25(2,3)18-22(32-34(10)11)29(23(33-35(12)13)19-26(4,5)6)21-16-14-20(15-17-21)28-24(30)31-27(7,8)9/h14-17,22-23,34-35H,18-19H2,1-13H3,(H,28,30). The summed E-state index contributed by atoms with van der Waals surface area (Å²) in [5.74, 6) is 0. The van der Waals surface area contributed by atoms with Gasteiger partial charge in [-0.2, -0.15) is 0 Å². The smallest absolute Gasteiger partial charge is 0.412 e. The number of rotatable bonds is 10. The molecule has 0 aliphatic rings. The van der Waals surface area contributed by atoms with Crippen LogP contribution in [0.2, 0.25) is 26.2 Å². The molecular weight excluding hydrogens is 472 g/mol. The van der Waals surface area contributed by atoms with E-state index in [2.05, 4.69) is 90.1 Å². The van der Waals surface area contributed by atoms with Crippen molar-refractivity contribution in [2.75, 3.05) is 10.2 Å². The molecule has 0 saturated heterocycles. The van der Waals surface area contributed by atoms with Gasteiger partial charge in [-0.3, -0.25) is 5.32 Å². The van der Waals surface area contributed by atoms with Gasteiger partial charge in [-0.1, -0.05) is 41.5 Å². The Morgan fingerprint density at radius 1 is 0.800 bits per heavy atom. The van der Waals surface area contributed by atoms with E-state index < -0.39 is 29.8 Å². The summed E-state index contributed by atoms with van der Waals surface area (Å²) in [7, 11) is -2.67. The van der Waals surface area contributed by atoms with Crippen LogP contribution in [-0.2, 0) is 13.6 Å². The third-order valence-corrected chi connectivity index (χ3v) is 6.58. The lowest BCUT2D eigenvalue weighted by molar-refractivity contribution is 0.0629. The van der Waals surface area contributed by atoms with E-state index in [0.29, 0.717) is 5.69 Å². The van der Waals surface area contributed by atoms with Gasteiger partial charge in [0.25, 0.3) is 0 Å². The molecule has 202 valence electrons. The van der Waals surface area contributed by atoms with Crippen LogP contribution in [0.1, 0.15) is 75.2 Å². The minimum Gasteiger partial charge on any atom is -0.444 e. The number of hydrogen-bond donors (Lipinski definition) is 1. The second-order valence-electron chi connectivity index (χ2n) is 13.4. The van der Waals surface area contributed by atoms with Crippen LogP contribution in [0, 0.1) is 10.8 Å². The number of nitrogens with one attached hydrogen (secondary N) is 1. The Balaban J connectivity index is 3.44. The molecule has 0 aliphatic heterocycles. The van der Waals surface area contributed by atoms with Gasteiger partial charge in [0.15, 0.2) is 18.1 Å². The fourth-order valence-corrected chi connectivity index (χ4v) is 5.47. The molecule has 1 rings (SSSR count). The van der Waals surface area contributed by atoms with Crippen LogP contribution in [-0.4, -0.2) is 42.2 Å². The number of amides is 1. The topological polar surface area (TPSA) is 60.0 Å². The Morgan fingerprint density at radius 3 is 1.51 bits per heavy atom. The van der Waals surface area contributed by atoms with Crippen LogP contribution < -0.4 is 10.2 Å². The number of nitrogens with zero attached hydrogens (tertiary/aromatic N) is 1. The van der Waals surface area contributed by atoms with E-state index in [0.717, 1.165) is 18.5 Å². The van der Waals surface area contributed by atoms with E-state index >= 15 is 0 Å². The van der Waals surface area contributed by atoms with Gasteiger partial charge in [0.2, 0.25) is 0 Å². The van der Waals surface area contributed by atoms with Crippen LogP contribution in [0.5, 0.6) is 0 Å². The van der Waals surface area contributed by atoms with E-state index in [9.17, 15) is 4.79 Å². The number of hydrogen-bond acceptors (Lipinski definition) is 5. The van der Waals surface area contributed by atoms with Crippen LogP contribution in [0.4, 0.5) is 16.2 Å². The van der Waals surface area contributed by atoms with Crippen molar-refractivity contribution in [1.29, 1.82) is 0 Å². The number of carbonyl (C=O) groups excluding carboxylic acids is 1. The maximum Gasteiger partial charge on any atom is 0.412 e. The summed E-state index contributed by atoms with van der Waals surface area (Å²) in [6.45, 7) is 28.0. The molecule has 0 radical (unpaired) electrons. The van der Waals surface area contributed by atoms with Crippen LogP contribution >= 0.6 is 0 Å². The summed E-state index contributed by atoms with van der Waals surface area (Å²) in [5, 5.41) is 2.84. The fraction of sp³-hybridized carbons (Fsp3) is 0.741.